The molecule has 100 valence electrons. The summed E-state index contributed by atoms with van der Waals surface area (Å²) in [5.41, 5.74) is 2.70. The maximum atomic E-state index is 12.4. The Bertz CT molecular complexity index is 404. The van der Waals surface area contributed by atoms with Crippen LogP contribution in [-0.4, -0.2) is 49.3 Å². The van der Waals surface area contributed by atoms with Gasteiger partial charge < -0.3 is 14.7 Å². The van der Waals surface area contributed by atoms with Crippen molar-refractivity contribution >= 4 is 5.91 Å². The van der Waals surface area contributed by atoms with Gasteiger partial charge in [0.15, 0.2) is 0 Å². The number of benzene rings is 1. The van der Waals surface area contributed by atoms with Crippen LogP contribution in [0.3, 0.4) is 0 Å². The van der Waals surface area contributed by atoms with Crippen LogP contribution in [0.25, 0.3) is 0 Å². The van der Waals surface area contributed by atoms with E-state index in [1.54, 1.807) is 12.0 Å². The molecule has 0 saturated heterocycles. The highest BCUT2D eigenvalue weighted by Crippen LogP contribution is 2.13. The predicted molar refractivity (Wildman–Crippen MR) is 70.8 cm³/mol. The summed E-state index contributed by atoms with van der Waals surface area (Å²) in [5, 5.41) is 9.02. The van der Waals surface area contributed by atoms with Crippen molar-refractivity contribution in [2.45, 2.75) is 13.8 Å². The molecule has 0 atom stereocenters. The predicted octanol–water partition coefficient (Wildman–Crippen LogP) is 1.38. The molecule has 4 heteroatoms. The van der Waals surface area contributed by atoms with Gasteiger partial charge in [0.25, 0.3) is 5.91 Å². The van der Waals surface area contributed by atoms with Crippen molar-refractivity contribution in [3.63, 3.8) is 0 Å². The van der Waals surface area contributed by atoms with E-state index in [0.29, 0.717) is 25.3 Å². The third-order valence-electron chi connectivity index (χ3n) is 2.85. The lowest BCUT2D eigenvalue weighted by atomic mass is 10.0. The molecule has 0 radical (unpaired) electrons. The molecule has 0 aliphatic heterocycles. The standard InChI is InChI=1S/C14H21NO3/c1-11-4-5-12(2)13(10-11)14(17)15(6-8-16)7-9-18-3/h4-5,10,16H,6-9H2,1-3H3. The topological polar surface area (TPSA) is 49.8 Å². The zero-order chi connectivity index (χ0) is 13.5. The van der Waals surface area contributed by atoms with Gasteiger partial charge in [-0.05, 0) is 25.5 Å². The van der Waals surface area contributed by atoms with Gasteiger partial charge in [-0.25, -0.2) is 0 Å². The van der Waals surface area contributed by atoms with Crippen LogP contribution in [0.5, 0.6) is 0 Å². The Kier molecular flexibility index (Phi) is 5.82. The number of amides is 1. The number of nitrogens with zero attached hydrogens (tertiary/aromatic N) is 1. The van der Waals surface area contributed by atoms with E-state index in [4.69, 9.17) is 9.84 Å². The van der Waals surface area contributed by atoms with E-state index >= 15 is 0 Å². The average Bonchev–Trinajstić information content (AvgIpc) is 2.36. The zero-order valence-electron chi connectivity index (χ0n) is 11.3. The smallest absolute Gasteiger partial charge is 0.254 e. The van der Waals surface area contributed by atoms with Crippen LogP contribution in [0.2, 0.25) is 0 Å². The van der Waals surface area contributed by atoms with Crippen molar-refractivity contribution in [1.29, 1.82) is 0 Å². The second-order valence-electron chi connectivity index (χ2n) is 4.33. The van der Waals surface area contributed by atoms with Crippen LogP contribution in [0.15, 0.2) is 18.2 Å². The van der Waals surface area contributed by atoms with Gasteiger partial charge in [0.1, 0.15) is 0 Å². The van der Waals surface area contributed by atoms with Gasteiger partial charge in [0.2, 0.25) is 0 Å². The maximum Gasteiger partial charge on any atom is 0.254 e. The van der Waals surface area contributed by atoms with Crippen molar-refractivity contribution in [3.8, 4) is 0 Å². The number of carbonyl (C=O) groups excluding carboxylic acids is 1. The molecule has 0 spiro atoms. The molecule has 1 N–H and O–H groups in total. The summed E-state index contributed by atoms with van der Waals surface area (Å²) in [7, 11) is 1.60. The van der Waals surface area contributed by atoms with Crippen LogP contribution in [0, 0.1) is 13.8 Å². The molecule has 1 amide bonds. The van der Waals surface area contributed by atoms with Crippen LogP contribution in [0.1, 0.15) is 21.5 Å². The van der Waals surface area contributed by atoms with Crippen LogP contribution in [0.4, 0.5) is 0 Å². The molecule has 0 fully saturated rings. The van der Waals surface area contributed by atoms with Gasteiger partial charge >= 0.3 is 0 Å². The summed E-state index contributed by atoms with van der Waals surface area (Å²) in [5.74, 6) is -0.0534. The first kappa shape index (κ1) is 14.7. The van der Waals surface area contributed by atoms with E-state index in [0.717, 1.165) is 11.1 Å². The fourth-order valence-corrected chi connectivity index (χ4v) is 1.77. The number of carbonyl (C=O) groups is 1. The minimum Gasteiger partial charge on any atom is -0.395 e. The molecule has 1 rings (SSSR count). The van der Waals surface area contributed by atoms with Gasteiger partial charge in [0, 0.05) is 25.8 Å². The first-order valence-electron chi connectivity index (χ1n) is 6.06. The van der Waals surface area contributed by atoms with Crippen molar-refractivity contribution < 1.29 is 14.6 Å². The van der Waals surface area contributed by atoms with Crippen molar-refractivity contribution in [1.82, 2.24) is 4.90 Å². The number of hydrogen-bond donors (Lipinski definition) is 1. The molecule has 0 saturated carbocycles. The van der Waals surface area contributed by atoms with Gasteiger partial charge in [-0.1, -0.05) is 17.7 Å². The Morgan fingerprint density at radius 1 is 1.33 bits per heavy atom. The molecule has 0 aromatic heterocycles. The SMILES string of the molecule is COCCN(CCO)C(=O)c1cc(C)ccc1C. The van der Waals surface area contributed by atoms with E-state index in [9.17, 15) is 4.79 Å². The van der Waals surface area contributed by atoms with E-state index < -0.39 is 0 Å². The molecule has 18 heavy (non-hydrogen) atoms. The number of methoxy groups -OCH3 is 1. The van der Waals surface area contributed by atoms with Crippen molar-refractivity contribution in [3.05, 3.63) is 34.9 Å². The summed E-state index contributed by atoms with van der Waals surface area (Å²) in [6.45, 7) is 5.12. The number of aryl methyl sites for hydroxylation is 2. The first-order chi connectivity index (χ1) is 8.60. The normalized spacial score (nSPS) is 10.4. The Morgan fingerprint density at radius 3 is 2.67 bits per heavy atom. The van der Waals surface area contributed by atoms with Crippen molar-refractivity contribution in [2.75, 3.05) is 33.4 Å². The molecule has 0 unspecified atom stereocenters. The fourth-order valence-electron chi connectivity index (χ4n) is 1.77. The summed E-state index contributed by atoms with van der Waals surface area (Å²) in [4.78, 5) is 14.0. The van der Waals surface area contributed by atoms with Gasteiger partial charge in [0.05, 0.1) is 13.2 Å². The Morgan fingerprint density at radius 2 is 2.06 bits per heavy atom. The second kappa shape index (κ2) is 7.13. The number of ether oxygens (including phenoxy) is 1. The molecule has 1 aromatic rings. The van der Waals surface area contributed by atoms with Crippen LogP contribution in [-0.2, 0) is 4.74 Å². The third kappa shape index (κ3) is 3.82. The molecule has 0 aliphatic rings. The first-order valence-corrected chi connectivity index (χ1v) is 6.06. The highest BCUT2D eigenvalue weighted by Gasteiger charge is 2.16. The summed E-state index contributed by atoms with van der Waals surface area (Å²) in [6, 6.07) is 5.81. The lowest BCUT2D eigenvalue weighted by molar-refractivity contribution is 0.0655. The monoisotopic (exact) mass is 251 g/mol. The Hall–Kier alpha value is -1.39. The summed E-state index contributed by atoms with van der Waals surface area (Å²) >= 11 is 0. The zero-order valence-corrected chi connectivity index (χ0v) is 11.3. The molecular weight excluding hydrogens is 230 g/mol. The Labute approximate surface area is 108 Å². The Balaban J connectivity index is 2.90. The van der Waals surface area contributed by atoms with Gasteiger partial charge in [-0.2, -0.15) is 0 Å². The lowest BCUT2D eigenvalue weighted by Crippen LogP contribution is -2.36. The van der Waals surface area contributed by atoms with Crippen LogP contribution >= 0.6 is 0 Å². The number of hydrogen-bond acceptors (Lipinski definition) is 3. The maximum absolute atomic E-state index is 12.4. The minimum absolute atomic E-state index is 0.0414. The number of rotatable bonds is 6. The van der Waals surface area contributed by atoms with E-state index in [-0.39, 0.29) is 12.5 Å². The number of aliphatic hydroxyl groups is 1. The van der Waals surface area contributed by atoms with Gasteiger partial charge in [-0.3, -0.25) is 4.79 Å². The highest BCUT2D eigenvalue weighted by atomic mass is 16.5. The largest absolute Gasteiger partial charge is 0.395 e. The molecule has 0 aliphatic carbocycles. The quantitative estimate of drug-likeness (QED) is 0.831. The molecule has 0 heterocycles. The summed E-state index contributed by atoms with van der Waals surface area (Å²) < 4.78 is 4.98. The molecule has 0 bridgehead atoms. The minimum atomic E-state index is -0.0534. The van der Waals surface area contributed by atoms with E-state index in [2.05, 4.69) is 0 Å². The second-order valence-corrected chi connectivity index (χ2v) is 4.33. The number of aliphatic hydroxyl groups excluding tert-OH is 1. The van der Waals surface area contributed by atoms with Gasteiger partial charge in [-0.15, -0.1) is 0 Å². The van der Waals surface area contributed by atoms with E-state index in [1.165, 1.54) is 0 Å². The van der Waals surface area contributed by atoms with E-state index in [1.807, 2.05) is 32.0 Å². The molecule has 4 nitrogen and oxygen atoms in total. The lowest BCUT2D eigenvalue weighted by Gasteiger charge is -2.22. The molecule has 1 aromatic carbocycles. The average molecular weight is 251 g/mol. The summed E-state index contributed by atoms with van der Waals surface area (Å²) in [6.07, 6.45) is 0. The van der Waals surface area contributed by atoms with Crippen molar-refractivity contribution in [2.24, 2.45) is 0 Å². The third-order valence-corrected chi connectivity index (χ3v) is 2.85. The molecular formula is C14H21NO3. The van der Waals surface area contributed by atoms with Crippen LogP contribution < -0.4 is 0 Å². The highest BCUT2D eigenvalue weighted by molar-refractivity contribution is 5.95. The fraction of sp³-hybridized carbons (Fsp3) is 0.500.